The SMILES string of the molecule is CC(Oc1ccc(Cl)cc1Cl)C(=O)Oc1ccc(C(=O)OCCCc2ccccc2)cc1. The molecule has 0 saturated carbocycles. The van der Waals surface area contributed by atoms with Crippen LogP contribution in [0.1, 0.15) is 29.3 Å². The molecule has 0 saturated heterocycles. The summed E-state index contributed by atoms with van der Waals surface area (Å²) in [5, 5.41) is 0.760. The molecule has 0 aliphatic heterocycles. The van der Waals surface area contributed by atoms with E-state index in [1.165, 1.54) is 23.8 Å². The highest BCUT2D eigenvalue weighted by molar-refractivity contribution is 6.35. The van der Waals surface area contributed by atoms with Gasteiger partial charge in [0.2, 0.25) is 0 Å². The van der Waals surface area contributed by atoms with E-state index in [1.807, 2.05) is 30.3 Å². The lowest BCUT2D eigenvalue weighted by atomic mass is 10.1. The number of halogens is 2. The van der Waals surface area contributed by atoms with Gasteiger partial charge >= 0.3 is 11.9 Å². The molecule has 0 heterocycles. The van der Waals surface area contributed by atoms with E-state index in [0.717, 1.165) is 12.8 Å². The number of hydrogen-bond donors (Lipinski definition) is 0. The summed E-state index contributed by atoms with van der Waals surface area (Å²) < 4.78 is 16.2. The Labute approximate surface area is 196 Å². The van der Waals surface area contributed by atoms with E-state index in [0.29, 0.717) is 28.0 Å². The van der Waals surface area contributed by atoms with Crippen LogP contribution in [0.3, 0.4) is 0 Å². The van der Waals surface area contributed by atoms with Crippen molar-refractivity contribution in [1.82, 2.24) is 0 Å². The molecule has 0 spiro atoms. The van der Waals surface area contributed by atoms with Crippen LogP contribution < -0.4 is 9.47 Å². The zero-order valence-corrected chi connectivity index (χ0v) is 18.9. The second-order valence-electron chi connectivity index (χ2n) is 7.01. The van der Waals surface area contributed by atoms with Gasteiger partial charge in [-0.1, -0.05) is 53.5 Å². The Morgan fingerprint density at radius 2 is 1.66 bits per heavy atom. The summed E-state index contributed by atoms with van der Waals surface area (Å²) in [5.41, 5.74) is 1.58. The van der Waals surface area contributed by atoms with Crippen molar-refractivity contribution >= 4 is 35.1 Å². The third-order valence-electron chi connectivity index (χ3n) is 4.52. The molecule has 1 unspecified atom stereocenters. The van der Waals surface area contributed by atoms with Crippen molar-refractivity contribution in [1.29, 1.82) is 0 Å². The van der Waals surface area contributed by atoms with Crippen molar-refractivity contribution < 1.29 is 23.8 Å². The third kappa shape index (κ3) is 7.01. The Bertz CT molecular complexity index is 1050. The average molecular weight is 473 g/mol. The summed E-state index contributed by atoms with van der Waals surface area (Å²) >= 11 is 11.9. The molecule has 0 fully saturated rings. The van der Waals surface area contributed by atoms with Crippen molar-refractivity contribution in [3.8, 4) is 11.5 Å². The molecule has 0 radical (unpaired) electrons. The molecule has 0 aromatic heterocycles. The third-order valence-corrected chi connectivity index (χ3v) is 5.05. The lowest BCUT2D eigenvalue weighted by Crippen LogP contribution is -2.28. The van der Waals surface area contributed by atoms with Crippen molar-refractivity contribution in [3.05, 3.63) is 94.0 Å². The molecule has 0 aliphatic rings. The van der Waals surface area contributed by atoms with E-state index >= 15 is 0 Å². The van der Waals surface area contributed by atoms with Crippen LogP contribution in [0.2, 0.25) is 10.0 Å². The van der Waals surface area contributed by atoms with Crippen LogP contribution in [0.15, 0.2) is 72.8 Å². The Balaban J connectivity index is 1.45. The van der Waals surface area contributed by atoms with E-state index in [4.69, 9.17) is 37.4 Å². The first-order valence-electron chi connectivity index (χ1n) is 10.1. The monoisotopic (exact) mass is 472 g/mol. The zero-order chi connectivity index (χ0) is 22.9. The fraction of sp³-hybridized carbons (Fsp3) is 0.200. The van der Waals surface area contributed by atoms with Crippen molar-refractivity contribution in [2.24, 2.45) is 0 Å². The van der Waals surface area contributed by atoms with Crippen LogP contribution in [-0.2, 0) is 16.0 Å². The minimum Gasteiger partial charge on any atom is -0.477 e. The van der Waals surface area contributed by atoms with Crippen LogP contribution in [0.4, 0.5) is 0 Å². The maximum absolute atomic E-state index is 12.3. The maximum Gasteiger partial charge on any atom is 0.352 e. The zero-order valence-electron chi connectivity index (χ0n) is 17.4. The van der Waals surface area contributed by atoms with E-state index in [-0.39, 0.29) is 5.75 Å². The molecule has 3 aromatic rings. The summed E-state index contributed by atoms with van der Waals surface area (Å²) in [6.07, 6.45) is 0.675. The van der Waals surface area contributed by atoms with Crippen LogP contribution in [0, 0.1) is 0 Å². The van der Waals surface area contributed by atoms with Gasteiger partial charge in [-0.2, -0.15) is 0 Å². The molecule has 5 nitrogen and oxygen atoms in total. The molecule has 1 atom stereocenters. The van der Waals surface area contributed by atoms with Crippen molar-refractivity contribution in [3.63, 3.8) is 0 Å². The summed E-state index contributed by atoms with van der Waals surface area (Å²) in [5.74, 6) is -0.420. The van der Waals surface area contributed by atoms with Crippen molar-refractivity contribution in [2.45, 2.75) is 25.9 Å². The molecule has 32 heavy (non-hydrogen) atoms. The molecule has 3 aromatic carbocycles. The summed E-state index contributed by atoms with van der Waals surface area (Å²) in [4.78, 5) is 24.5. The van der Waals surface area contributed by atoms with E-state index in [1.54, 1.807) is 31.2 Å². The first kappa shape index (κ1) is 23.6. The molecular formula is C25H22Cl2O5. The second kappa shape index (κ2) is 11.6. The number of rotatable bonds is 9. The predicted molar refractivity (Wildman–Crippen MR) is 124 cm³/mol. The maximum atomic E-state index is 12.3. The number of aryl methyl sites for hydroxylation is 1. The molecule has 0 amide bonds. The standard InChI is InChI=1S/C25H22Cl2O5/c1-17(31-23-14-11-20(26)16-22(23)27)24(28)32-21-12-9-19(10-13-21)25(29)30-15-5-8-18-6-3-2-4-7-18/h2-4,6-7,9-14,16-17H,5,8,15H2,1H3. The van der Waals surface area contributed by atoms with E-state index in [2.05, 4.69) is 0 Å². The number of hydrogen-bond acceptors (Lipinski definition) is 5. The summed E-state index contributed by atoms with van der Waals surface area (Å²) in [6, 6.07) is 20.9. The van der Waals surface area contributed by atoms with Crippen LogP contribution in [0.5, 0.6) is 11.5 Å². The van der Waals surface area contributed by atoms with Gasteiger partial charge in [0.15, 0.2) is 6.10 Å². The van der Waals surface area contributed by atoms with E-state index < -0.39 is 18.0 Å². The lowest BCUT2D eigenvalue weighted by molar-refractivity contribution is -0.141. The van der Waals surface area contributed by atoms with E-state index in [9.17, 15) is 9.59 Å². The Morgan fingerprint density at radius 1 is 0.938 bits per heavy atom. The summed E-state index contributed by atoms with van der Waals surface area (Å²) in [7, 11) is 0. The fourth-order valence-corrected chi connectivity index (χ4v) is 3.29. The lowest BCUT2D eigenvalue weighted by Gasteiger charge is -2.15. The number of ether oxygens (including phenoxy) is 3. The normalized spacial score (nSPS) is 11.5. The highest BCUT2D eigenvalue weighted by atomic mass is 35.5. The highest BCUT2D eigenvalue weighted by Gasteiger charge is 2.19. The van der Waals surface area contributed by atoms with Crippen LogP contribution in [0.25, 0.3) is 0 Å². The van der Waals surface area contributed by atoms with Crippen LogP contribution in [-0.4, -0.2) is 24.6 Å². The number of esters is 2. The number of carbonyl (C=O) groups is 2. The van der Waals surface area contributed by atoms with Crippen LogP contribution >= 0.6 is 23.2 Å². The topological polar surface area (TPSA) is 61.8 Å². The number of benzene rings is 3. The predicted octanol–water partition coefficient (Wildman–Crippen LogP) is 6.16. The van der Waals surface area contributed by atoms with Gasteiger partial charge in [-0.3, -0.25) is 0 Å². The van der Waals surface area contributed by atoms with Gasteiger partial charge in [-0.25, -0.2) is 9.59 Å². The van der Waals surface area contributed by atoms with Gasteiger partial charge in [0, 0.05) is 5.02 Å². The largest absolute Gasteiger partial charge is 0.477 e. The minimum absolute atomic E-state index is 0.285. The Hall–Kier alpha value is -3.02. The highest BCUT2D eigenvalue weighted by Crippen LogP contribution is 2.28. The van der Waals surface area contributed by atoms with Gasteiger partial charge < -0.3 is 14.2 Å². The molecular weight excluding hydrogens is 451 g/mol. The van der Waals surface area contributed by atoms with Gasteiger partial charge in [-0.05, 0) is 67.8 Å². The number of carbonyl (C=O) groups excluding carboxylic acids is 2. The molecule has 0 aliphatic carbocycles. The minimum atomic E-state index is -0.900. The van der Waals surface area contributed by atoms with Gasteiger partial charge in [0.1, 0.15) is 11.5 Å². The fourth-order valence-electron chi connectivity index (χ4n) is 2.84. The molecule has 0 N–H and O–H groups in total. The average Bonchev–Trinajstić information content (AvgIpc) is 2.79. The Kier molecular flexibility index (Phi) is 8.54. The van der Waals surface area contributed by atoms with Gasteiger partial charge in [0.05, 0.1) is 17.2 Å². The molecule has 3 rings (SSSR count). The molecule has 7 heteroatoms. The van der Waals surface area contributed by atoms with Crippen molar-refractivity contribution in [2.75, 3.05) is 6.61 Å². The smallest absolute Gasteiger partial charge is 0.352 e. The summed E-state index contributed by atoms with van der Waals surface area (Å²) in [6.45, 7) is 1.88. The first-order valence-corrected chi connectivity index (χ1v) is 10.8. The molecule has 166 valence electrons. The van der Waals surface area contributed by atoms with Gasteiger partial charge in [0.25, 0.3) is 0 Å². The quantitative estimate of drug-likeness (QED) is 0.212. The molecule has 0 bridgehead atoms. The Morgan fingerprint density at radius 3 is 2.34 bits per heavy atom. The first-order chi connectivity index (χ1) is 15.4. The van der Waals surface area contributed by atoms with Gasteiger partial charge in [-0.15, -0.1) is 0 Å². The second-order valence-corrected chi connectivity index (χ2v) is 7.85.